The standard InChI is InChI=1S/C33H41F3N6O4/c1-20-7-9-23(10-8-20)29-27(19-46-32(44)38-17-21-5-3-2-4-6-21)39-31-40-28(22-11-13-45-14-12-22)26(41-42(29)31)16-24-15-25(33(34,35)36)18-37-30(24)43/h2-6,20,22-25H,7-19H2,1H3,(H,37,43)(H,38,44)/t20?,23?,24-,25-/m1/s1. The van der Waals surface area contributed by atoms with Gasteiger partial charge in [0.15, 0.2) is 0 Å². The molecular formula is C33H41F3N6O4. The second kappa shape index (κ2) is 13.9. The number of amides is 2. The van der Waals surface area contributed by atoms with Crippen molar-refractivity contribution in [3.63, 3.8) is 0 Å². The lowest BCUT2D eigenvalue weighted by Crippen LogP contribution is -2.47. The number of alkyl carbamates (subject to hydrolysis) is 1. The van der Waals surface area contributed by atoms with Gasteiger partial charge in [0.25, 0.3) is 5.78 Å². The summed E-state index contributed by atoms with van der Waals surface area (Å²) in [6, 6.07) is 9.53. The predicted molar refractivity (Wildman–Crippen MR) is 162 cm³/mol. The third kappa shape index (κ3) is 7.45. The molecule has 1 saturated carbocycles. The predicted octanol–water partition coefficient (Wildman–Crippen LogP) is 5.60. The van der Waals surface area contributed by atoms with Gasteiger partial charge in [-0.3, -0.25) is 4.79 Å². The van der Waals surface area contributed by atoms with Crippen LogP contribution in [0.25, 0.3) is 5.78 Å². The molecule has 0 radical (unpaired) electrons. The molecular weight excluding hydrogens is 601 g/mol. The minimum absolute atomic E-state index is 0.0227. The summed E-state index contributed by atoms with van der Waals surface area (Å²) in [6.45, 7) is 3.14. The van der Waals surface area contributed by atoms with Gasteiger partial charge < -0.3 is 20.1 Å². The molecule has 3 fully saturated rings. The summed E-state index contributed by atoms with van der Waals surface area (Å²) < 4.78 is 53.9. The highest BCUT2D eigenvalue weighted by Crippen LogP contribution is 2.39. The van der Waals surface area contributed by atoms with Gasteiger partial charge in [-0.25, -0.2) is 19.3 Å². The fourth-order valence-electron chi connectivity index (χ4n) is 6.98. The van der Waals surface area contributed by atoms with Crippen molar-refractivity contribution in [1.82, 2.24) is 30.2 Å². The van der Waals surface area contributed by atoms with E-state index in [2.05, 4.69) is 17.6 Å². The summed E-state index contributed by atoms with van der Waals surface area (Å²) in [4.78, 5) is 35.3. The molecule has 6 rings (SSSR count). The van der Waals surface area contributed by atoms with Gasteiger partial charge in [-0.05, 0) is 43.6 Å². The fraction of sp³-hybridized carbons (Fsp3) is 0.606. The van der Waals surface area contributed by atoms with Gasteiger partial charge in [-0.15, -0.1) is 0 Å². The minimum Gasteiger partial charge on any atom is -0.443 e. The van der Waals surface area contributed by atoms with Crippen molar-refractivity contribution in [2.24, 2.45) is 17.8 Å². The molecule has 3 aliphatic rings. The van der Waals surface area contributed by atoms with Gasteiger partial charge in [0.2, 0.25) is 5.91 Å². The molecule has 0 unspecified atom stereocenters. The molecule has 1 aliphatic carbocycles. The first-order valence-electron chi connectivity index (χ1n) is 16.3. The molecule has 4 heterocycles. The Morgan fingerprint density at radius 1 is 1.04 bits per heavy atom. The first-order chi connectivity index (χ1) is 22.2. The maximum Gasteiger partial charge on any atom is 0.407 e. The summed E-state index contributed by atoms with van der Waals surface area (Å²) in [6.07, 6.45) is 0.00127. The normalized spacial score (nSPS) is 24.5. The zero-order valence-electron chi connectivity index (χ0n) is 26.0. The van der Waals surface area contributed by atoms with E-state index in [1.165, 1.54) is 0 Å². The van der Waals surface area contributed by atoms with E-state index in [0.29, 0.717) is 61.4 Å². The summed E-state index contributed by atoms with van der Waals surface area (Å²) in [5.41, 5.74) is 3.49. The van der Waals surface area contributed by atoms with Crippen LogP contribution in [0.3, 0.4) is 0 Å². The Labute approximate surface area is 265 Å². The highest BCUT2D eigenvalue weighted by Gasteiger charge is 2.45. The second-order valence-electron chi connectivity index (χ2n) is 13.0. The molecule has 248 valence electrons. The van der Waals surface area contributed by atoms with E-state index in [1.54, 1.807) is 4.52 Å². The minimum atomic E-state index is -4.40. The molecule has 2 atom stereocenters. The van der Waals surface area contributed by atoms with Crippen LogP contribution in [0.4, 0.5) is 18.0 Å². The third-order valence-electron chi connectivity index (χ3n) is 9.68. The van der Waals surface area contributed by atoms with Crippen LogP contribution in [0, 0.1) is 17.8 Å². The van der Waals surface area contributed by atoms with Crippen molar-refractivity contribution in [1.29, 1.82) is 0 Å². The number of aromatic nitrogens is 4. The van der Waals surface area contributed by atoms with Crippen molar-refractivity contribution in [2.45, 2.75) is 89.5 Å². The van der Waals surface area contributed by atoms with Crippen molar-refractivity contribution >= 4 is 17.8 Å². The number of nitrogens with zero attached hydrogens (tertiary/aromatic N) is 4. The number of hydrogen-bond acceptors (Lipinski definition) is 7. The van der Waals surface area contributed by atoms with Crippen LogP contribution in [0.5, 0.6) is 0 Å². The maximum atomic E-state index is 13.7. The lowest BCUT2D eigenvalue weighted by Gasteiger charge is -2.31. The number of halogens is 3. The molecule has 2 amide bonds. The molecule has 0 bridgehead atoms. The van der Waals surface area contributed by atoms with Gasteiger partial charge in [0.05, 0.1) is 23.0 Å². The molecule has 46 heavy (non-hydrogen) atoms. The van der Waals surface area contributed by atoms with E-state index < -0.39 is 36.6 Å². The lowest BCUT2D eigenvalue weighted by molar-refractivity contribution is -0.183. The summed E-state index contributed by atoms with van der Waals surface area (Å²) in [5.74, 6) is -1.86. The number of carbonyl (C=O) groups excluding carboxylic acids is 2. The topological polar surface area (TPSA) is 120 Å². The van der Waals surface area contributed by atoms with Gasteiger partial charge in [-0.1, -0.05) is 50.1 Å². The van der Waals surface area contributed by atoms with E-state index in [4.69, 9.17) is 24.5 Å². The number of hydrogen-bond donors (Lipinski definition) is 2. The average molecular weight is 643 g/mol. The quantitative estimate of drug-likeness (QED) is 0.329. The molecule has 0 spiro atoms. The van der Waals surface area contributed by atoms with Crippen molar-refractivity contribution in [2.75, 3.05) is 19.8 Å². The fourth-order valence-corrected chi connectivity index (χ4v) is 6.98. The molecule has 2 aromatic heterocycles. The molecule has 2 saturated heterocycles. The Bertz CT molecular complexity index is 1520. The highest BCUT2D eigenvalue weighted by atomic mass is 19.4. The van der Waals surface area contributed by atoms with Crippen LogP contribution in [0.1, 0.15) is 92.0 Å². The van der Waals surface area contributed by atoms with Gasteiger partial charge in [0, 0.05) is 50.5 Å². The molecule has 3 aromatic rings. The van der Waals surface area contributed by atoms with Gasteiger partial charge in [-0.2, -0.15) is 18.3 Å². The Balaban J connectivity index is 1.33. The van der Waals surface area contributed by atoms with E-state index in [-0.39, 0.29) is 31.3 Å². The van der Waals surface area contributed by atoms with Crippen molar-refractivity contribution in [3.8, 4) is 0 Å². The number of alkyl halides is 3. The second-order valence-corrected chi connectivity index (χ2v) is 13.0. The lowest BCUT2D eigenvalue weighted by atomic mass is 9.81. The van der Waals surface area contributed by atoms with E-state index in [9.17, 15) is 22.8 Å². The smallest absolute Gasteiger partial charge is 0.407 e. The van der Waals surface area contributed by atoms with Crippen molar-refractivity contribution < 1.29 is 32.2 Å². The Kier molecular flexibility index (Phi) is 9.76. The Hall–Kier alpha value is -3.74. The number of nitrogens with one attached hydrogen (secondary N) is 2. The first-order valence-corrected chi connectivity index (χ1v) is 16.3. The molecule has 10 nitrogen and oxygen atoms in total. The van der Waals surface area contributed by atoms with E-state index >= 15 is 0 Å². The van der Waals surface area contributed by atoms with Crippen LogP contribution in [0.2, 0.25) is 0 Å². The number of rotatable bonds is 8. The molecule has 1 aromatic carbocycles. The van der Waals surface area contributed by atoms with E-state index in [0.717, 1.165) is 36.9 Å². The highest BCUT2D eigenvalue weighted by molar-refractivity contribution is 5.79. The average Bonchev–Trinajstić information content (AvgIpc) is 3.41. The number of ether oxygens (including phenoxy) is 2. The molecule has 13 heteroatoms. The zero-order chi connectivity index (χ0) is 32.3. The molecule has 2 aliphatic heterocycles. The number of fused-ring (bicyclic) bond motifs is 1. The summed E-state index contributed by atoms with van der Waals surface area (Å²) in [7, 11) is 0. The van der Waals surface area contributed by atoms with Gasteiger partial charge in [0.1, 0.15) is 12.3 Å². The Morgan fingerprint density at radius 3 is 2.50 bits per heavy atom. The number of benzene rings is 1. The molecule has 2 N–H and O–H groups in total. The third-order valence-corrected chi connectivity index (χ3v) is 9.68. The maximum absolute atomic E-state index is 13.7. The van der Waals surface area contributed by atoms with Gasteiger partial charge >= 0.3 is 12.3 Å². The Morgan fingerprint density at radius 2 is 1.78 bits per heavy atom. The SMILES string of the molecule is CC1CCC(c2c(COC(=O)NCc3ccccc3)nc3nc(C4CCOCC4)c(C[C@H]4C[C@@H](C(F)(F)F)CNC4=O)nn23)CC1. The number of imidazole rings is 1. The number of carbonyl (C=O) groups is 2. The largest absolute Gasteiger partial charge is 0.443 e. The van der Waals surface area contributed by atoms with Crippen molar-refractivity contribution in [3.05, 3.63) is 58.7 Å². The van der Waals surface area contributed by atoms with E-state index in [1.807, 2.05) is 30.3 Å². The monoisotopic (exact) mass is 642 g/mol. The summed E-state index contributed by atoms with van der Waals surface area (Å²) >= 11 is 0. The van der Waals surface area contributed by atoms with Crippen LogP contribution < -0.4 is 10.6 Å². The summed E-state index contributed by atoms with van der Waals surface area (Å²) in [5, 5.41) is 10.3. The first kappa shape index (κ1) is 32.2. The van der Waals surface area contributed by atoms with Crippen LogP contribution in [-0.2, 0) is 33.8 Å². The van der Waals surface area contributed by atoms with Crippen LogP contribution >= 0.6 is 0 Å². The zero-order valence-corrected chi connectivity index (χ0v) is 26.0. The number of piperidine rings is 1. The van der Waals surface area contributed by atoms with Crippen LogP contribution in [-0.4, -0.2) is 57.5 Å². The van der Waals surface area contributed by atoms with Crippen LogP contribution in [0.15, 0.2) is 30.3 Å².